The van der Waals surface area contributed by atoms with E-state index < -0.39 is 0 Å². The van der Waals surface area contributed by atoms with Crippen molar-refractivity contribution in [1.82, 2.24) is 20.1 Å². The Morgan fingerprint density at radius 1 is 1.64 bits per heavy atom. The molecule has 0 aliphatic carbocycles. The zero-order chi connectivity index (χ0) is 8.10. The molecule has 0 aliphatic heterocycles. The summed E-state index contributed by atoms with van der Waals surface area (Å²) >= 11 is 0. The molecular formula is C7H14N4. The molecule has 0 saturated heterocycles. The summed E-state index contributed by atoms with van der Waals surface area (Å²) in [6, 6.07) is 0. The molecule has 0 radical (unpaired) electrons. The van der Waals surface area contributed by atoms with Crippen LogP contribution in [0.1, 0.15) is 19.2 Å². The fourth-order valence-electron chi connectivity index (χ4n) is 0.842. The molecule has 1 N–H and O–H groups in total. The van der Waals surface area contributed by atoms with Crippen LogP contribution < -0.4 is 5.32 Å². The minimum absolute atomic E-state index is 0.772. The zero-order valence-electron chi connectivity index (χ0n) is 7.04. The van der Waals surface area contributed by atoms with E-state index in [9.17, 15) is 0 Å². The van der Waals surface area contributed by atoms with Crippen LogP contribution in [0.3, 0.4) is 0 Å². The van der Waals surface area contributed by atoms with E-state index in [4.69, 9.17) is 0 Å². The number of aryl methyl sites for hydroxylation is 1. The molecule has 1 aromatic heterocycles. The molecule has 0 spiro atoms. The number of nitrogens with one attached hydrogen (secondary N) is 1. The molecular weight excluding hydrogens is 140 g/mol. The Morgan fingerprint density at radius 3 is 3.00 bits per heavy atom. The lowest BCUT2D eigenvalue weighted by molar-refractivity contribution is 0.640. The van der Waals surface area contributed by atoms with E-state index in [1.165, 1.54) is 0 Å². The Hall–Kier alpha value is -0.900. The van der Waals surface area contributed by atoms with Crippen LogP contribution in [-0.2, 0) is 13.6 Å². The third kappa shape index (κ3) is 2.67. The minimum Gasteiger partial charge on any atom is -0.310 e. The molecule has 1 heterocycles. The second-order valence-electron chi connectivity index (χ2n) is 2.51. The number of rotatable bonds is 4. The van der Waals surface area contributed by atoms with Gasteiger partial charge in [0.2, 0.25) is 0 Å². The highest BCUT2D eigenvalue weighted by atomic mass is 15.3. The van der Waals surface area contributed by atoms with Crippen molar-refractivity contribution >= 4 is 0 Å². The van der Waals surface area contributed by atoms with Gasteiger partial charge >= 0.3 is 0 Å². The average molecular weight is 154 g/mol. The van der Waals surface area contributed by atoms with E-state index in [-0.39, 0.29) is 0 Å². The van der Waals surface area contributed by atoms with Gasteiger partial charge in [0.15, 0.2) is 5.82 Å². The van der Waals surface area contributed by atoms with Crippen molar-refractivity contribution in [3.05, 3.63) is 12.2 Å². The van der Waals surface area contributed by atoms with Gasteiger partial charge in [0.05, 0.1) is 6.54 Å². The molecule has 62 valence electrons. The normalized spacial score (nSPS) is 10.4. The fraction of sp³-hybridized carbons (Fsp3) is 0.714. The van der Waals surface area contributed by atoms with Gasteiger partial charge in [0.25, 0.3) is 0 Å². The van der Waals surface area contributed by atoms with Gasteiger partial charge in [-0.05, 0) is 13.0 Å². The van der Waals surface area contributed by atoms with Gasteiger partial charge < -0.3 is 5.32 Å². The van der Waals surface area contributed by atoms with Crippen molar-refractivity contribution in [2.45, 2.75) is 19.9 Å². The van der Waals surface area contributed by atoms with E-state index >= 15 is 0 Å². The predicted octanol–water partition coefficient (Wildman–Crippen LogP) is 0.315. The third-order valence-electron chi connectivity index (χ3n) is 1.36. The summed E-state index contributed by atoms with van der Waals surface area (Å²) in [5.41, 5.74) is 0. The van der Waals surface area contributed by atoms with Gasteiger partial charge in [-0.2, -0.15) is 5.10 Å². The molecule has 0 atom stereocenters. The first-order chi connectivity index (χ1) is 5.33. The predicted molar refractivity (Wildman–Crippen MR) is 43.0 cm³/mol. The van der Waals surface area contributed by atoms with E-state index in [1.54, 1.807) is 11.0 Å². The van der Waals surface area contributed by atoms with Gasteiger partial charge in [-0.1, -0.05) is 6.92 Å². The summed E-state index contributed by atoms with van der Waals surface area (Å²) in [5.74, 6) is 0.862. The second kappa shape index (κ2) is 4.08. The average Bonchev–Trinajstić information content (AvgIpc) is 2.37. The van der Waals surface area contributed by atoms with E-state index in [0.29, 0.717) is 0 Å². The topological polar surface area (TPSA) is 42.7 Å². The molecule has 0 fully saturated rings. The molecule has 1 aromatic rings. The van der Waals surface area contributed by atoms with Crippen molar-refractivity contribution in [2.24, 2.45) is 7.05 Å². The lowest BCUT2D eigenvalue weighted by atomic mass is 10.5. The highest BCUT2D eigenvalue weighted by Gasteiger charge is 1.95. The summed E-state index contributed by atoms with van der Waals surface area (Å²) in [6.45, 7) is 3.94. The van der Waals surface area contributed by atoms with Crippen LogP contribution in [0.2, 0.25) is 0 Å². The molecule has 0 unspecified atom stereocenters. The molecule has 4 nitrogen and oxygen atoms in total. The van der Waals surface area contributed by atoms with Crippen LogP contribution in [0, 0.1) is 0 Å². The smallest absolute Gasteiger partial charge is 0.164 e. The summed E-state index contributed by atoms with van der Waals surface area (Å²) in [6.07, 6.45) is 2.86. The largest absolute Gasteiger partial charge is 0.310 e. The van der Waals surface area contributed by atoms with Crippen molar-refractivity contribution in [3.63, 3.8) is 0 Å². The second-order valence-corrected chi connectivity index (χ2v) is 2.51. The molecule has 0 aliphatic rings. The maximum Gasteiger partial charge on any atom is 0.164 e. The lowest BCUT2D eigenvalue weighted by Crippen LogP contribution is -2.14. The lowest BCUT2D eigenvalue weighted by Gasteiger charge is -1.96. The number of hydrogen-bond donors (Lipinski definition) is 1. The van der Waals surface area contributed by atoms with Crippen LogP contribution in [0.4, 0.5) is 0 Å². The molecule has 11 heavy (non-hydrogen) atoms. The van der Waals surface area contributed by atoms with Crippen LogP contribution in [-0.4, -0.2) is 21.3 Å². The van der Waals surface area contributed by atoms with Crippen LogP contribution >= 0.6 is 0 Å². The van der Waals surface area contributed by atoms with Crippen molar-refractivity contribution in [3.8, 4) is 0 Å². The van der Waals surface area contributed by atoms with Crippen LogP contribution in [0.15, 0.2) is 6.33 Å². The van der Waals surface area contributed by atoms with E-state index in [1.807, 2.05) is 7.05 Å². The summed E-state index contributed by atoms with van der Waals surface area (Å²) in [5, 5.41) is 7.35. The molecule has 0 aromatic carbocycles. The molecule has 4 heteroatoms. The van der Waals surface area contributed by atoms with Crippen molar-refractivity contribution in [2.75, 3.05) is 6.54 Å². The minimum atomic E-state index is 0.772. The quantitative estimate of drug-likeness (QED) is 0.635. The van der Waals surface area contributed by atoms with Gasteiger partial charge in [-0.3, -0.25) is 4.68 Å². The van der Waals surface area contributed by atoms with E-state index in [0.717, 1.165) is 25.3 Å². The molecule has 0 amide bonds. The monoisotopic (exact) mass is 154 g/mol. The summed E-state index contributed by atoms with van der Waals surface area (Å²) < 4.78 is 1.71. The Kier molecular flexibility index (Phi) is 3.04. The zero-order valence-corrected chi connectivity index (χ0v) is 7.04. The van der Waals surface area contributed by atoms with Crippen molar-refractivity contribution in [1.29, 1.82) is 0 Å². The Balaban J connectivity index is 2.27. The Bertz CT molecular complexity index is 206. The first-order valence-electron chi connectivity index (χ1n) is 3.88. The first kappa shape index (κ1) is 8.20. The first-order valence-corrected chi connectivity index (χ1v) is 3.88. The summed E-state index contributed by atoms with van der Waals surface area (Å²) in [4.78, 5) is 4.08. The molecule has 0 bridgehead atoms. The van der Waals surface area contributed by atoms with E-state index in [2.05, 4.69) is 22.3 Å². The number of hydrogen-bond acceptors (Lipinski definition) is 3. The highest BCUT2D eigenvalue weighted by Crippen LogP contribution is 1.86. The maximum atomic E-state index is 4.13. The molecule has 1 rings (SSSR count). The SMILES string of the molecule is CCCNCc1ncn(C)n1. The number of nitrogens with zero attached hydrogens (tertiary/aromatic N) is 3. The van der Waals surface area contributed by atoms with Crippen LogP contribution in [0.5, 0.6) is 0 Å². The van der Waals surface area contributed by atoms with Crippen molar-refractivity contribution < 1.29 is 0 Å². The van der Waals surface area contributed by atoms with Gasteiger partial charge in [-0.25, -0.2) is 4.98 Å². The van der Waals surface area contributed by atoms with Crippen LogP contribution in [0.25, 0.3) is 0 Å². The third-order valence-corrected chi connectivity index (χ3v) is 1.36. The maximum absolute atomic E-state index is 4.13. The fourth-order valence-corrected chi connectivity index (χ4v) is 0.842. The number of aromatic nitrogens is 3. The van der Waals surface area contributed by atoms with Gasteiger partial charge in [0.1, 0.15) is 6.33 Å². The Morgan fingerprint density at radius 2 is 2.45 bits per heavy atom. The highest BCUT2D eigenvalue weighted by molar-refractivity contribution is 4.79. The standard InChI is InChI=1S/C7H14N4/c1-3-4-8-5-7-9-6-11(2)10-7/h6,8H,3-5H2,1-2H3. The Labute approximate surface area is 66.6 Å². The van der Waals surface area contributed by atoms with Gasteiger partial charge in [0, 0.05) is 7.05 Å². The molecule has 0 saturated carbocycles. The van der Waals surface area contributed by atoms with Gasteiger partial charge in [-0.15, -0.1) is 0 Å². The summed E-state index contributed by atoms with van der Waals surface area (Å²) in [7, 11) is 1.87.